The molecule has 2 heteroatoms. The molecule has 0 amide bonds. The maximum Gasteiger partial charge on any atom is -0.00469 e. The monoisotopic (exact) mass is 147 g/mol. The Morgan fingerprint density at radius 1 is 1.33 bits per heavy atom. The predicted octanol–water partition coefficient (Wildman–Crippen LogP) is 1.75. The molecule has 0 spiro atoms. The summed E-state index contributed by atoms with van der Waals surface area (Å²) in [5.74, 6) is 0.403. The van der Waals surface area contributed by atoms with Gasteiger partial charge in [0.25, 0.3) is 0 Å². The molecule has 1 nitrogen and oxygen atoms in total. The standard InChI is InChI=1S/C7H13N.ClH/c1-3-7(4-2)5-6-8;/h3-4,7H,1-2,5-6,8H2;1H. The topological polar surface area (TPSA) is 26.0 Å². The molecule has 54 valence electrons. The van der Waals surface area contributed by atoms with E-state index in [0.29, 0.717) is 12.5 Å². The fourth-order valence-electron chi connectivity index (χ4n) is 0.524. The number of rotatable bonds is 4. The molecule has 9 heavy (non-hydrogen) atoms. The Hall–Kier alpha value is -0.270. The second-order valence-corrected chi connectivity index (χ2v) is 1.71. The van der Waals surface area contributed by atoms with Crippen molar-refractivity contribution in [1.82, 2.24) is 0 Å². The number of hydrogen-bond acceptors (Lipinski definition) is 1. The van der Waals surface area contributed by atoms with Crippen molar-refractivity contribution in [2.45, 2.75) is 6.42 Å². The highest BCUT2D eigenvalue weighted by Gasteiger charge is 1.92. The quantitative estimate of drug-likeness (QED) is 0.603. The normalized spacial score (nSPS) is 8.22. The Balaban J connectivity index is 0. The molecule has 0 aromatic heterocycles. The van der Waals surface area contributed by atoms with E-state index in [0.717, 1.165) is 6.42 Å². The van der Waals surface area contributed by atoms with E-state index < -0.39 is 0 Å². The molecule has 0 radical (unpaired) electrons. The van der Waals surface area contributed by atoms with Gasteiger partial charge < -0.3 is 5.73 Å². The van der Waals surface area contributed by atoms with Crippen LogP contribution in [0.5, 0.6) is 0 Å². The van der Waals surface area contributed by atoms with Gasteiger partial charge in [0.2, 0.25) is 0 Å². The molecule has 0 fully saturated rings. The molecule has 0 bridgehead atoms. The lowest BCUT2D eigenvalue weighted by molar-refractivity contribution is 0.723. The third-order valence-electron chi connectivity index (χ3n) is 1.11. The summed E-state index contributed by atoms with van der Waals surface area (Å²) >= 11 is 0. The number of allylic oxidation sites excluding steroid dienone is 2. The maximum absolute atomic E-state index is 5.28. The molecule has 0 saturated heterocycles. The molecule has 0 heterocycles. The number of nitrogens with two attached hydrogens (primary N) is 1. The Morgan fingerprint density at radius 3 is 1.89 bits per heavy atom. The number of hydrogen-bond donors (Lipinski definition) is 1. The fourth-order valence-corrected chi connectivity index (χ4v) is 0.524. The largest absolute Gasteiger partial charge is 0.330 e. The van der Waals surface area contributed by atoms with Crippen LogP contribution in [0.4, 0.5) is 0 Å². The van der Waals surface area contributed by atoms with Crippen molar-refractivity contribution in [3.05, 3.63) is 25.3 Å². The van der Waals surface area contributed by atoms with Crippen LogP contribution in [0.15, 0.2) is 25.3 Å². The molecular formula is C7H14ClN. The maximum atomic E-state index is 5.28. The van der Waals surface area contributed by atoms with Crippen molar-refractivity contribution in [1.29, 1.82) is 0 Å². The first-order valence-corrected chi connectivity index (χ1v) is 2.80. The predicted molar refractivity (Wildman–Crippen MR) is 44.8 cm³/mol. The zero-order valence-electron chi connectivity index (χ0n) is 5.55. The first-order valence-electron chi connectivity index (χ1n) is 2.80. The Morgan fingerprint density at radius 2 is 1.78 bits per heavy atom. The van der Waals surface area contributed by atoms with Crippen LogP contribution in [0.1, 0.15) is 6.42 Å². The third-order valence-corrected chi connectivity index (χ3v) is 1.11. The molecule has 0 aliphatic carbocycles. The van der Waals surface area contributed by atoms with E-state index in [1.54, 1.807) is 0 Å². The van der Waals surface area contributed by atoms with Gasteiger partial charge in [0.1, 0.15) is 0 Å². The molecule has 0 saturated carbocycles. The van der Waals surface area contributed by atoms with Crippen molar-refractivity contribution < 1.29 is 0 Å². The third kappa shape index (κ3) is 5.60. The van der Waals surface area contributed by atoms with Crippen LogP contribution in [0.3, 0.4) is 0 Å². The lowest BCUT2D eigenvalue weighted by Crippen LogP contribution is -2.03. The molecule has 2 N–H and O–H groups in total. The van der Waals surface area contributed by atoms with Gasteiger partial charge >= 0.3 is 0 Å². The van der Waals surface area contributed by atoms with Gasteiger partial charge in [0.05, 0.1) is 0 Å². The molecule has 0 atom stereocenters. The fraction of sp³-hybridized carbons (Fsp3) is 0.429. The Kier molecular flexibility index (Phi) is 9.89. The molecule has 0 aromatic rings. The summed E-state index contributed by atoms with van der Waals surface area (Å²) in [4.78, 5) is 0. The van der Waals surface area contributed by atoms with E-state index in [4.69, 9.17) is 5.73 Å². The van der Waals surface area contributed by atoms with Gasteiger partial charge in [-0.2, -0.15) is 0 Å². The van der Waals surface area contributed by atoms with E-state index >= 15 is 0 Å². The van der Waals surface area contributed by atoms with E-state index in [-0.39, 0.29) is 12.4 Å². The van der Waals surface area contributed by atoms with E-state index in [1.807, 2.05) is 12.2 Å². The molecular weight excluding hydrogens is 134 g/mol. The van der Waals surface area contributed by atoms with Gasteiger partial charge in [-0.3, -0.25) is 0 Å². The van der Waals surface area contributed by atoms with Gasteiger partial charge in [-0.25, -0.2) is 0 Å². The van der Waals surface area contributed by atoms with Crippen molar-refractivity contribution in [2.75, 3.05) is 6.54 Å². The van der Waals surface area contributed by atoms with Crippen molar-refractivity contribution >= 4 is 12.4 Å². The summed E-state index contributed by atoms with van der Waals surface area (Å²) in [5.41, 5.74) is 5.28. The van der Waals surface area contributed by atoms with Crippen LogP contribution in [0.25, 0.3) is 0 Å². The Labute approximate surface area is 63.0 Å². The SMILES string of the molecule is C=CC(C=C)CCN.Cl. The van der Waals surface area contributed by atoms with Crippen molar-refractivity contribution in [3.8, 4) is 0 Å². The summed E-state index contributed by atoms with van der Waals surface area (Å²) in [6.07, 6.45) is 4.69. The number of halogens is 1. The molecule has 0 aromatic carbocycles. The van der Waals surface area contributed by atoms with Crippen LogP contribution < -0.4 is 5.73 Å². The average molecular weight is 148 g/mol. The van der Waals surface area contributed by atoms with Gasteiger partial charge in [-0.05, 0) is 18.9 Å². The second kappa shape index (κ2) is 7.73. The highest BCUT2D eigenvalue weighted by molar-refractivity contribution is 5.85. The summed E-state index contributed by atoms with van der Waals surface area (Å²) in [6, 6.07) is 0. The average Bonchev–Trinajstić information content (AvgIpc) is 1.83. The highest BCUT2D eigenvalue weighted by atomic mass is 35.5. The van der Waals surface area contributed by atoms with Crippen LogP contribution >= 0.6 is 12.4 Å². The minimum absolute atomic E-state index is 0. The summed E-state index contributed by atoms with van der Waals surface area (Å²) in [7, 11) is 0. The first kappa shape index (κ1) is 11.5. The molecule has 0 aliphatic heterocycles. The molecule has 0 unspecified atom stereocenters. The van der Waals surface area contributed by atoms with E-state index in [1.165, 1.54) is 0 Å². The van der Waals surface area contributed by atoms with Gasteiger partial charge in [-0.15, -0.1) is 25.6 Å². The van der Waals surface area contributed by atoms with Gasteiger partial charge in [0, 0.05) is 0 Å². The first-order chi connectivity index (χ1) is 3.85. The van der Waals surface area contributed by atoms with Crippen molar-refractivity contribution in [3.63, 3.8) is 0 Å². The summed E-state index contributed by atoms with van der Waals surface area (Å²) in [6.45, 7) is 7.96. The second-order valence-electron chi connectivity index (χ2n) is 1.71. The highest BCUT2D eigenvalue weighted by Crippen LogP contribution is 2.01. The Bertz CT molecular complexity index is 73.0. The summed E-state index contributed by atoms with van der Waals surface area (Å²) in [5, 5.41) is 0. The van der Waals surface area contributed by atoms with Crippen molar-refractivity contribution in [2.24, 2.45) is 11.7 Å². The molecule has 0 rings (SSSR count). The lowest BCUT2D eigenvalue weighted by atomic mass is 10.1. The smallest absolute Gasteiger partial charge is 0.00469 e. The zero-order chi connectivity index (χ0) is 6.41. The lowest BCUT2D eigenvalue weighted by Gasteiger charge is -2.00. The van der Waals surface area contributed by atoms with Crippen LogP contribution in [-0.4, -0.2) is 6.54 Å². The zero-order valence-corrected chi connectivity index (χ0v) is 6.36. The van der Waals surface area contributed by atoms with Gasteiger partial charge in [-0.1, -0.05) is 12.2 Å². The van der Waals surface area contributed by atoms with Crippen LogP contribution in [0.2, 0.25) is 0 Å². The summed E-state index contributed by atoms with van der Waals surface area (Å²) < 4.78 is 0. The van der Waals surface area contributed by atoms with Crippen LogP contribution in [0, 0.1) is 5.92 Å². The molecule has 0 aliphatic rings. The van der Waals surface area contributed by atoms with Gasteiger partial charge in [0.15, 0.2) is 0 Å². The minimum Gasteiger partial charge on any atom is -0.330 e. The van der Waals surface area contributed by atoms with Crippen LogP contribution in [-0.2, 0) is 0 Å². The minimum atomic E-state index is 0. The van der Waals surface area contributed by atoms with E-state index in [2.05, 4.69) is 13.2 Å². The van der Waals surface area contributed by atoms with E-state index in [9.17, 15) is 0 Å².